The molecule has 0 aromatic carbocycles. The lowest BCUT2D eigenvalue weighted by Gasteiger charge is -2.20. The summed E-state index contributed by atoms with van der Waals surface area (Å²) >= 11 is 0. The monoisotopic (exact) mass is 265 g/mol. The van der Waals surface area contributed by atoms with Gasteiger partial charge in [0.25, 0.3) is 0 Å². The molecular formula is C11H23NO4S. The van der Waals surface area contributed by atoms with Crippen LogP contribution in [0.5, 0.6) is 0 Å². The first-order valence-corrected chi connectivity index (χ1v) is 7.76. The van der Waals surface area contributed by atoms with Gasteiger partial charge in [0, 0.05) is 12.5 Å². The molecule has 0 aromatic rings. The second-order valence-corrected chi connectivity index (χ2v) is 6.76. The maximum atomic E-state index is 11.1. The van der Waals surface area contributed by atoms with Crippen LogP contribution < -0.4 is 5.14 Å². The van der Waals surface area contributed by atoms with E-state index in [-0.39, 0.29) is 17.6 Å². The Kier molecular flexibility index (Phi) is 5.85. The molecule has 17 heavy (non-hydrogen) atoms. The smallest absolute Gasteiger partial charge is 0.209 e. The SMILES string of the molecule is CC(C)C(COCC1CCOC1)CS(N)(=O)=O. The van der Waals surface area contributed by atoms with Crippen LogP contribution in [0.2, 0.25) is 0 Å². The Balaban J connectivity index is 2.29. The van der Waals surface area contributed by atoms with Gasteiger partial charge in [-0.1, -0.05) is 13.8 Å². The minimum Gasteiger partial charge on any atom is -0.381 e. The Labute approximate surface area is 104 Å². The number of sulfonamides is 1. The highest BCUT2D eigenvalue weighted by Gasteiger charge is 2.21. The topological polar surface area (TPSA) is 78.6 Å². The number of nitrogens with two attached hydrogens (primary N) is 1. The second kappa shape index (κ2) is 6.68. The average molecular weight is 265 g/mol. The molecule has 0 bridgehead atoms. The first-order chi connectivity index (χ1) is 7.88. The van der Waals surface area contributed by atoms with Crippen molar-refractivity contribution in [3.05, 3.63) is 0 Å². The van der Waals surface area contributed by atoms with Crippen LogP contribution in [-0.2, 0) is 19.5 Å². The van der Waals surface area contributed by atoms with Crippen LogP contribution in [-0.4, -0.2) is 40.6 Å². The van der Waals surface area contributed by atoms with Crippen molar-refractivity contribution in [3.8, 4) is 0 Å². The summed E-state index contributed by atoms with van der Waals surface area (Å²) in [5, 5.41) is 5.06. The van der Waals surface area contributed by atoms with Crippen LogP contribution in [0, 0.1) is 17.8 Å². The quantitative estimate of drug-likeness (QED) is 0.731. The zero-order valence-corrected chi connectivity index (χ0v) is 11.4. The van der Waals surface area contributed by atoms with Gasteiger partial charge >= 0.3 is 0 Å². The highest BCUT2D eigenvalue weighted by molar-refractivity contribution is 7.89. The Hall–Kier alpha value is -0.170. The first-order valence-electron chi connectivity index (χ1n) is 6.04. The van der Waals surface area contributed by atoms with E-state index in [4.69, 9.17) is 14.6 Å². The fourth-order valence-electron chi connectivity index (χ4n) is 1.83. The summed E-state index contributed by atoms with van der Waals surface area (Å²) in [6.45, 7) is 6.62. The van der Waals surface area contributed by atoms with Crippen molar-refractivity contribution in [2.45, 2.75) is 20.3 Å². The van der Waals surface area contributed by atoms with E-state index in [1.807, 2.05) is 13.8 Å². The molecule has 0 saturated carbocycles. The standard InChI is InChI=1S/C11H23NO4S/c1-9(2)11(8-17(12,13)14)7-16-6-10-3-4-15-5-10/h9-11H,3-8H2,1-2H3,(H2,12,13,14). The van der Waals surface area contributed by atoms with E-state index < -0.39 is 10.0 Å². The summed E-state index contributed by atoms with van der Waals surface area (Å²) in [5.41, 5.74) is 0. The van der Waals surface area contributed by atoms with Gasteiger partial charge in [0.05, 0.1) is 25.6 Å². The third-order valence-electron chi connectivity index (χ3n) is 3.10. The van der Waals surface area contributed by atoms with Crippen molar-refractivity contribution in [1.82, 2.24) is 0 Å². The van der Waals surface area contributed by atoms with Gasteiger partial charge in [-0.3, -0.25) is 0 Å². The Bertz CT molecular complexity index is 309. The normalized spacial score (nSPS) is 23.2. The molecule has 1 aliphatic heterocycles. The van der Waals surface area contributed by atoms with Crippen LogP contribution in [0.4, 0.5) is 0 Å². The molecular weight excluding hydrogens is 242 g/mol. The Morgan fingerprint density at radius 3 is 2.65 bits per heavy atom. The summed E-state index contributed by atoms with van der Waals surface area (Å²) in [5.74, 6) is 0.657. The van der Waals surface area contributed by atoms with Gasteiger partial charge in [-0.2, -0.15) is 0 Å². The summed E-state index contributed by atoms with van der Waals surface area (Å²) in [7, 11) is -3.42. The van der Waals surface area contributed by atoms with Crippen LogP contribution in [0.25, 0.3) is 0 Å². The van der Waals surface area contributed by atoms with Crippen molar-refractivity contribution in [1.29, 1.82) is 0 Å². The largest absolute Gasteiger partial charge is 0.381 e. The molecule has 0 spiro atoms. The van der Waals surface area contributed by atoms with Gasteiger partial charge in [0.2, 0.25) is 10.0 Å². The van der Waals surface area contributed by atoms with E-state index in [0.717, 1.165) is 19.6 Å². The van der Waals surface area contributed by atoms with Gasteiger partial charge in [-0.05, 0) is 18.3 Å². The highest BCUT2D eigenvalue weighted by atomic mass is 32.2. The van der Waals surface area contributed by atoms with Gasteiger partial charge in [0.15, 0.2) is 0 Å². The molecule has 1 rings (SSSR count). The predicted molar refractivity (Wildman–Crippen MR) is 66.0 cm³/mol. The molecule has 2 unspecified atom stereocenters. The molecule has 102 valence electrons. The van der Waals surface area contributed by atoms with Gasteiger partial charge in [0.1, 0.15) is 0 Å². The molecule has 1 fully saturated rings. The Morgan fingerprint density at radius 2 is 2.18 bits per heavy atom. The first kappa shape index (κ1) is 14.9. The molecule has 0 aromatic heterocycles. The molecule has 1 heterocycles. The number of hydrogen-bond acceptors (Lipinski definition) is 4. The van der Waals surface area contributed by atoms with Crippen LogP contribution in [0.3, 0.4) is 0 Å². The highest BCUT2D eigenvalue weighted by Crippen LogP contribution is 2.16. The molecule has 1 saturated heterocycles. The van der Waals surface area contributed by atoms with Crippen LogP contribution >= 0.6 is 0 Å². The predicted octanol–water partition coefficient (Wildman–Crippen LogP) is 0.600. The third-order valence-corrected chi connectivity index (χ3v) is 3.99. The fourth-order valence-corrected chi connectivity index (χ4v) is 2.91. The van der Waals surface area contributed by atoms with Crippen LogP contribution in [0.15, 0.2) is 0 Å². The van der Waals surface area contributed by atoms with E-state index in [2.05, 4.69) is 0 Å². The maximum Gasteiger partial charge on any atom is 0.209 e. The van der Waals surface area contributed by atoms with E-state index >= 15 is 0 Å². The molecule has 6 heteroatoms. The second-order valence-electron chi connectivity index (χ2n) is 5.10. The third kappa shape index (κ3) is 6.35. The number of ether oxygens (including phenoxy) is 2. The molecule has 1 aliphatic rings. The molecule has 0 amide bonds. The van der Waals surface area contributed by atoms with E-state index in [1.54, 1.807) is 0 Å². The number of primary sulfonamides is 1. The number of hydrogen-bond donors (Lipinski definition) is 1. The molecule has 5 nitrogen and oxygen atoms in total. The lowest BCUT2D eigenvalue weighted by Crippen LogP contribution is -2.30. The van der Waals surface area contributed by atoms with E-state index in [9.17, 15) is 8.42 Å². The number of rotatable bonds is 7. The van der Waals surface area contributed by atoms with E-state index in [0.29, 0.717) is 19.1 Å². The zero-order chi connectivity index (χ0) is 12.9. The van der Waals surface area contributed by atoms with Gasteiger partial charge in [-0.25, -0.2) is 13.6 Å². The van der Waals surface area contributed by atoms with Crippen LogP contribution in [0.1, 0.15) is 20.3 Å². The maximum absolute atomic E-state index is 11.1. The summed E-state index contributed by atoms with van der Waals surface area (Å²) < 4.78 is 33.0. The lowest BCUT2D eigenvalue weighted by atomic mass is 9.99. The minimum atomic E-state index is -3.42. The van der Waals surface area contributed by atoms with E-state index in [1.165, 1.54) is 0 Å². The van der Waals surface area contributed by atoms with Crippen molar-refractivity contribution < 1.29 is 17.9 Å². The molecule has 2 atom stereocenters. The summed E-state index contributed by atoms with van der Waals surface area (Å²) in [6, 6.07) is 0. The summed E-state index contributed by atoms with van der Waals surface area (Å²) in [4.78, 5) is 0. The zero-order valence-electron chi connectivity index (χ0n) is 10.6. The van der Waals surface area contributed by atoms with Gasteiger partial charge in [-0.15, -0.1) is 0 Å². The Morgan fingerprint density at radius 1 is 1.47 bits per heavy atom. The van der Waals surface area contributed by atoms with Crippen molar-refractivity contribution in [2.24, 2.45) is 22.9 Å². The molecule has 0 aliphatic carbocycles. The lowest BCUT2D eigenvalue weighted by molar-refractivity contribution is 0.0597. The van der Waals surface area contributed by atoms with Crippen molar-refractivity contribution in [2.75, 3.05) is 32.2 Å². The fraction of sp³-hybridized carbons (Fsp3) is 1.00. The molecule has 0 radical (unpaired) electrons. The molecule has 2 N–H and O–H groups in total. The summed E-state index contributed by atoms with van der Waals surface area (Å²) in [6.07, 6.45) is 1.03. The van der Waals surface area contributed by atoms with Crippen molar-refractivity contribution in [3.63, 3.8) is 0 Å². The van der Waals surface area contributed by atoms with Gasteiger partial charge < -0.3 is 9.47 Å². The van der Waals surface area contributed by atoms with Crippen molar-refractivity contribution >= 4 is 10.0 Å². The average Bonchev–Trinajstić information content (AvgIpc) is 2.67. The minimum absolute atomic E-state index is 0.00810.